The van der Waals surface area contributed by atoms with E-state index in [4.69, 9.17) is 5.73 Å². The minimum absolute atomic E-state index is 0.0871. The second-order valence-corrected chi connectivity index (χ2v) is 6.79. The van der Waals surface area contributed by atoms with E-state index in [1.807, 2.05) is 13.0 Å². The fourth-order valence-corrected chi connectivity index (χ4v) is 3.66. The zero-order valence-corrected chi connectivity index (χ0v) is 15.4. The minimum Gasteiger partial charge on any atom is -0.369 e. The molecule has 0 aliphatic carbocycles. The van der Waals surface area contributed by atoms with Crippen molar-refractivity contribution in [1.29, 1.82) is 0 Å². The van der Waals surface area contributed by atoms with Gasteiger partial charge < -0.3 is 20.9 Å². The molecule has 2 heterocycles. The summed E-state index contributed by atoms with van der Waals surface area (Å²) in [5, 5.41) is 4.09. The van der Waals surface area contributed by atoms with Gasteiger partial charge in [-0.25, -0.2) is 0 Å². The Labute approximate surface area is 153 Å². The second-order valence-electron chi connectivity index (χ2n) is 6.79. The largest absolute Gasteiger partial charge is 0.369 e. The Kier molecular flexibility index (Phi) is 4.90. The van der Waals surface area contributed by atoms with Gasteiger partial charge in [0.2, 0.25) is 5.91 Å². The molecular weight excluding hydrogens is 328 g/mol. The number of hydrogen-bond acceptors (Lipinski definition) is 3. The predicted molar refractivity (Wildman–Crippen MR) is 103 cm³/mol. The van der Waals surface area contributed by atoms with E-state index >= 15 is 0 Å². The van der Waals surface area contributed by atoms with Crippen molar-refractivity contribution in [2.24, 2.45) is 5.73 Å². The van der Waals surface area contributed by atoms with Crippen molar-refractivity contribution in [2.45, 2.75) is 39.7 Å². The van der Waals surface area contributed by atoms with Crippen molar-refractivity contribution in [1.82, 2.24) is 10.3 Å². The summed E-state index contributed by atoms with van der Waals surface area (Å²) in [6.07, 6.45) is 1.09. The van der Waals surface area contributed by atoms with Crippen LogP contribution in [0.2, 0.25) is 0 Å². The summed E-state index contributed by atoms with van der Waals surface area (Å²) in [7, 11) is 0. The monoisotopic (exact) mass is 352 g/mol. The first kappa shape index (κ1) is 17.9. The van der Waals surface area contributed by atoms with Gasteiger partial charge in [0.1, 0.15) is 0 Å². The number of aryl methyl sites for hydroxylation is 2. The number of benzene rings is 1. The summed E-state index contributed by atoms with van der Waals surface area (Å²) in [6, 6.07) is 4.10. The van der Waals surface area contributed by atoms with E-state index in [0.717, 1.165) is 47.4 Å². The number of aromatic nitrogens is 1. The zero-order valence-electron chi connectivity index (χ0n) is 15.4. The first-order valence-electron chi connectivity index (χ1n) is 8.78. The van der Waals surface area contributed by atoms with Gasteiger partial charge >= 0.3 is 0 Å². The van der Waals surface area contributed by atoms with E-state index in [1.54, 1.807) is 6.92 Å². The lowest BCUT2D eigenvalue weighted by atomic mass is 10.0. The molecule has 1 aromatic carbocycles. The number of nitrogens with zero attached hydrogens (tertiary/aromatic N) is 1. The number of aromatic amines is 1. The van der Waals surface area contributed by atoms with Crippen LogP contribution in [-0.4, -0.2) is 35.9 Å². The Morgan fingerprint density at radius 1 is 1.38 bits per heavy atom. The molecule has 3 rings (SSSR count). The maximum Gasteiger partial charge on any atom is 0.296 e. The Morgan fingerprint density at radius 2 is 2.15 bits per heavy atom. The summed E-state index contributed by atoms with van der Waals surface area (Å²) >= 11 is 0. The molecule has 1 fully saturated rings. The molecule has 0 radical (unpaired) electrons. The lowest BCUT2D eigenvalue weighted by Gasteiger charge is -2.21. The van der Waals surface area contributed by atoms with Gasteiger partial charge in [-0.15, -0.1) is 0 Å². The van der Waals surface area contributed by atoms with Crippen LogP contribution in [0.3, 0.4) is 0 Å². The first-order chi connectivity index (χ1) is 12.4. The maximum atomic E-state index is 11.7. The third-order valence-corrected chi connectivity index (χ3v) is 4.99. The van der Waals surface area contributed by atoms with E-state index in [9.17, 15) is 9.59 Å². The van der Waals surface area contributed by atoms with Gasteiger partial charge in [0.25, 0.3) is 5.91 Å². The molecular formula is C20H24N4O2. The van der Waals surface area contributed by atoms with Gasteiger partial charge in [0, 0.05) is 35.9 Å². The van der Waals surface area contributed by atoms with Crippen molar-refractivity contribution in [2.75, 3.05) is 18.0 Å². The SMILES string of the molecule is CC#CC(=O)N[C@@H]1CCN(c2ccc(CC(N)=O)c3[nH]c(C)c(C)c23)C1. The van der Waals surface area contributed by atoms with Crippen molar-refractivity contribution >= 4 is 28.4 Å². The van der Waals surface area contributed by atoms with Crippen LogP contribution in [0, 0.1) is 25.7 Å². The first-order valence-corrected chi connectivity index (χ1v) is 8.78. The highest BCUT2D eigenvalue weighted by atomic mass is 16.1. The van der Waals surface area contributed by atoms with Crippen LogP contribution >= 0.6 is 0 Å². The molecule has 1 atom stereocenters. The highest BCUT2D eigenvalue weighted by molar-refractivity contribution is 6.00. The number of nitrogens with one attached hydrogen (secondary N) is 2. The van der Waals surface area contributed by atoms with Crippen LogP contribution in [0.25, 0.3) is 10.9 Å². The average molecular weight is 352 g/mol. The number of hydrogen-bond donors (Lipinski definition) is 3. The number of nitrogens with two attached hydrogens (primary N) is 1. The van der Waals surface area contributed by atoms with Crippen molar-refractivity contribution in [3.63, 3.8) is 0 Å². The van der Waals surface area contributed by atoms with Crippen LogP contribution in [0.1, 0.15) is 30.2 Å². The summed E-state index contributed by atoms with van der Waals surface area (Å²) in [6.45, 7) is 7.37. The standard InChI is InChI=1S/C20H24N4O2/c1-4-5-18(26)23-15-8-9-24(11-15)16-7-6-14(10-17(21)25)20-19(16)12(2)13(3)22-20/h6-7,15,22H,8-11H2,1-3H3,(H2,21,25)(H,23,26)/t15-/m1/s1. The summed E-state index contributed by atoms with van der Waals surface area (Å²) in [4.78, 5) is 28.8. The van der Waals surface area contributed by atoms with Gasteiger partial charge in [-0.2, -0.15) is 0 Å². The average Bonchev–Trinajstić information content (AvgIpc) is 3.14. The molecule has 1 saturated heterocycles. The molecule has 136 valence electrons. The van der Waals surface area contributed by atoms with E-state index in [1.165, 1.54) is 5.56 Å². The number of rotatable bonds is 4. The molecule has 2 amide bonds. The van der Waals surface area contributed by atoms with Gasteiger partial charge in [0.05, 0.1) is 11.9 Å². The van der Waals surface area contributed by atoms with Gasteiger partial charge in [-0.05, 0) is 50.3 Å². The molecule has 1 aromatic heterocycles. The fraction of sp³-hybridized carbons (Fsp3) is 0.400. The number of anilines is 1. The predicted octanol–water partition coefficient (Wildman–Crippen LogP) is 1.53. The third-order valence-electron chi connectivity index (χ3n) is 4.99. The summed E-state index contributed by atoms with van der Waals surface area (Å²) < 4.78 is 0. The number of H-pyrrole nitrogens is 1. The fourth-order valence-electron chi connectivity index (χ4n) is 3.66. The normalized spacial score (nSPS) is 16.4. The van der Waals surface area contributed by atoms with Crippen molar-refractivity contribution in [3.05, 3.63) is 29.0 Å². The highest BCUT2D eigenvalue weighted by Gasteiger charge is 2.26. The van der Waals surface area contributed by atoms with Crippen LogP contribution in [-0.2, 0) is 16.0 Å². The molecule has 26 heavy (non-hydrogen) atoms. The van der Waals surface area contributed by atoms with Crippen LogP contribution < -0.4 is 16.0 Å². The van der Waals surface area contributed by atoms with E-state index in [2.05, 4.69) is 40.0 Å². The van der Waals surface area contributed by atoms with Crippen LogP contribution in [0.15, 0.2) is 12.1 Å². The van der Waals surface area contributed by atoms with Crippen molar-refractivity contribution in [3.8, 4) is 11.8 Å². The number of amides is 2. The summed E-state index contributed by atoms with van der Waals surface area (Å²) in [5.74, 6) is 4.58. The Balaban J connectivity index is 1.92. The molecule has 2 aromatic rings. The van der Waals surface area contributed by atoms with E-state index in [0.29, 0.717) is 0 Å². The molecule has 4 N–H and O–H groups in total. The Bertz CT molecular complexity index is 933. The highest BCUT2D eigenvalue weighted by Crippen LogP contribution is 2.35. The van der Waals surface area contributed by atoms with Crippen LogP contribution in [0.4, 0.5) is 5.69 Å². The maximum absolute atomic E-state index is 11.7. The van der Waals surface area contributed by atoms with Crippen LogP contribution in [0.5, 0.6) is 0 Å². The van der Waals surface area contributed by atoms with Gasteiger partial charge in [-0.1, -0.05) is 12.0 Å². The molecule has 0 unspecified atom stereocenters. The molecule has 1 aliphatic heterocycles. The van der Waals surface area contributed by atoms with E-state index < -0.39 is 0 Å². The Hall–Kier alpha value is -2.94. The van der Waals surface area contributed by atoms with Gasteiger partial charge in [-0.3, -0.25) is 9.59 Å². The molecule has 0 spiro atoms. The Morgan fingerprint density at radius 3 is 2.85 bits per heavy atom. The second kappa shape index (κ2) is 7.12. The third kappa shape index (κ3) is 3.38. The molecule has 6 nitrogen and oxygen atoms in total. The lowest BCUT2D eigenvalue weighted by molar-refractivity contribution is -0.117. The quantitative estimate of drug-likeness (QED) is 0.729. The lowest BCUT2D eigenvalue weighted by Crippen LogP contribution is -2.36. The molecule has 1 aliphatic rings. The zero-order chi connectivity index (χ0) is 18.8. The number of carbonyl (C=O) groups is 2. The minimum atomic E-state index is -0.343. The van der Waals surface area contributed by atoms with E-state index in [-0.39, 0.29) is 24.3 Å². The van der Waals surface area contributed by atoms with Crippen molar-refractivity contribution < 1.29 is 9.59 Å². The number of fused-ring (bicyclic) bond motifs is 1. The summed E-state index contributed by atoms with van der Waals surface area (Å²) in [5.41, 5.74) is 10.7. The van der Waals surface area contributed by atoms with Gasteiger partial charge in [0.15, 0.2) is 0 Å². The molecule has 0 saturated carbocycles. The smallest absolute Gasteiger partial charge is 0.296 e. The number of carbonyl (C=O) groups excluding carboxylic acids is 2. The topological polar surface area (TPSA) is 91.2 Å². The molecule has 0 bridgehead atoms. The number of primary amides is 1. The molecule has 6 heteroatoms.